The Morgan fingerprint density at radius 2 is 1.82 bits per heavy atom. The van der Waals surface area contributed by atoms with Gasteiger partial charge in [-0.15, -0.1) is 0 Å². The zero-order chi connectivity index (χ0) is 23.4. The lowest BCUT2D eigenvalue weighted by Gasteiger charge is -2.25. The molecule has 0 spiro atoms. The molecule has 3 aromatic rings. The van der Waals surface area contributed by atoms with Crippen LogP contribution in [0.25, 0.3) is 10.2 Å². The molecule has 0 N–H and O–H groups in total. The molecule has 7 nitrogen and oxygen atoms in total. The van der Waals surface area contributed by atoms with Crippen molar-refractivity contribution in [1.82, 2.24) is 8.87 Å². The fourth-order valence-electron chi connectivity index (χ4n) is 3.96. The molecule has 176 valence electrons. The number of fused-ring (bicyclic) bond motifs is 1. The van der Waals surface area contributed by atoms with Crippen LogP contribution in [0.3, 0.4) is 0 Å². The van der Waals surface area contributed by atoms with Gasteiger partial charge in [-0.2, -0.15) is 9.30 Å². The highest BCUT2D eigenvalue weighted by atomic mass is 32.2. The van der Waals surface area contributed by atoms with Crippen molar-refractivity contribution in [1.29, 1.82) is 0 Å². The van der Waals surface area contributed by atoms with Crippen molar-refractivity contribution in [2.75, 3.05) is 26.3 Å². The van der Waals surface area contributed by atoms with Crippen LogP contribution in [0.5, 0.6) is 0 Å². The summed E-state index contributed by atoms with van der Waals surface area (Å²) in [6.45, 7) is 6.82. The minimum Gasteiger partial charge on any atom is -0.380 e. The van der Waals surface area contributed by atoms with Crippen molar-refractivity contribution in [3.8, 4) is 0 Å². The maximum Gasteiger partial charge on any atom is 0.279 e. The Labute approximate surface area is 198 Å². The molecule has 0 radical (unpaired) electrons. The fraction of sp³-hybridized carbons (Fsp3) is 0.417. The summed E-state index contributed by atoms with van der Waals surface area (Å²) < 4.78 is 35.8. The molecule has 0 saturated carbocycles. The van der Waals surface area contributed by atoms with Crippen LogP contribution in [0.1, 0.15) is 42.1 Å². The largest absolute Gasteiger partial charge is 0.380 e. The minimum atomic E-state index is -3.53. The maximum atomic E-state index is 12.9. The first kappa shape index (κ1) is 23.8. The normalized spacial score (nSPS) is 15.9. The van der Waals surface area contributed by atoms with Gasteiger partial charge in [-0.05, 0) is 68.7 Å². The number of amides is 1. The molecule has 1 aliphatic heterocycles. The van der Waals surface area contributed by atoms with E-state index in [9.17, 15) is 13.2 Å². The molecular weight excluding hydrogens is 458 g/mol. The van der Waals surface area contributed by atoms with Crippen molar-refractivity contribution in [2.24, 2.45) is 4.99 Å². The van der Waals surface area contributed by atoms with E-state index in [1.165, 1.54) is 27.8 Å². The van der Waals surface area contributed by atoms with Crippen LogP contribution in [0.15, 0.2) is 52.4 Å². The van der Waals surface area contributed by atoms with Gasteiger partial charge in [0.05, 0.1) is 21.7 Å². The average Bonchev–Trinajstić information content (AvgIpc) is 3.15. The van der Waals surface area contributed by atoms with Crippen LogP contribution in [-0.2, 0) is 21.3 Å². The lowest BCUT2D eigenvalue weighted by Crippen LogP contribution is -2.35. The Hall–Kier alpha value is -2.33. The number of nitrogens with zero attached hydrogens (tertiary/aromatic N) is 3. The topological polar surface area (TPSA) is 81.0 Å². The molecule has 1 aromatic heterocycles. The van der Waals surface area contributed by atoms with Gasteiger partial charge >= 0.3 is 0 Å². The molecule has 0 aliphatic carbocycles. The molecule has 0 unspecified atom stereocenters. The summed E-state index contributed by atoms with van der Waals surface area (Å²) >= 11 is 1.46. The number of ether oxygens (including phenoxy) is 1. The molecule has 2 aromatic carbocycles. The molecule has 9 heteroatoms. The van der Waals surface area contributed by atoms with Crippen LogP contribution < -0.4 is 4.80 Å². The molecule has 2 heterocycles. The van der Waals surface area contributed by atoms with E-state index in [1.54, 1.807) is 12.1 Å². The van der Waals surface area contributed by atoms with Crippen LogP contribution in [-0.4, -0.2) is 49.5 Å². The van der Waals surface area contributed by atoms with Crippen molar-refractivity contribution >= 4 is 37.5 Å². The number of carbonyl (C=O) groups excluding carboxylic acids is 1. The Bertz CT molecular complexity index is 1300. The van der Waals surface area contributed by atoms with Crippen LogP contribution in [0.2, 0.25) is 0 Å². The first-order valence-corrected chi connectivity index (χ1v) is 13.5. The van der Waals surface area contributed by atoms with E-state index in [2.05, 4.69) is 11.1 Å². The van der Waals surface area contributed by atoms with E-state index in [1.807, 2.05) is 30.5 Å². The molecule has 1 saturated heterocycles. The first-order chi connectivity index (χ1) is 15.9. The van der Waals surface area contributed by atoms with E-state index >= 15 is 0 Å². The number of benzene rings is 2. The SMILES string of the molecule is CCOCCn1c(=NC(=O)c2ccc(S(=O)(=O)N3CCCCC3)cc2)sc2cc(C)ccc21. The number of piperidine rings is 1. The standard InChI is InChI=1S/C24H29N3O4S2/c1-3-31-16-15-27-21-12-7-18(2)17-22(21)32-24(27)25-23(28)19-8-10-20(11-9-19)33(29,30)26-13-5-4-6-14-26/h7-12,17H,3-6,13-16H2,1-2H3. The predicted molar refractivity (Wildman–Crippen MR) is 130 cm³/mol. The monoisotopic (exact) mass is 487 g/mol. The van der Waals surface area contributed by atoms with E-state index in [4.69, 9.17) is 4.74 Å². The van der Waals surface area contributed by atoms with Gasteiger partial charge in [-0.25, -0.2) is 8.42 Å². The highest BCUT2D eigenvalue weighted by Gasteiger charge is 2.26. The highest BCUT2D eigenvalue weighted by Crippen LogP contribution is 2.22. The summed E-state index contributed by atoms with van der Waals surface area (Å²) in [6.07, 6.45) is 2.82. The zero-order valence-corrected chi connectivity index (χ0v) is 20.6. The molecule has 0 atom stereocenters. The summed E-state index contributed by atoms with van der Waals surface area (Å²) in [6, 6.07) is 12.3. The van der Waals surface area contributed by atoms with Crippen molar-refractivity contribution < 1.29 is 17.9 Å². The second-order valence-electron chi connectivity index (χ2n) is 8.11. The van der Waals surface area contributed by atoms with Gasteiger partial charge in [0.15, 0.2) is 4.80 Å². The molecular formula is C24H29N3O4S2. The van der Waals surface area contributed by atoms with Gasteiger partial charge in [0.1, 0.15) is 0 Å². The van der Waals surface area contributed by atoms with Crippen LogP contribution in [0, 0.1) is 6.92 Å². The van der Waals surface area contributed by atoms with Gasteiger partial charge in [0.2, 0.25) is 10.0 Å². The first-order valence-electron chi connectivity index (χ1n) is 11.3. The van der Waals surface area contributed by atoms with Gasteiger partial charge in [-0.3, -0.25) is 4.79 Å². The molecule has 0 bridgehead atoms. The second kappa shape index (κ2) is 10.3. The summed E-state index contributed by atoms with van der Waals surface area (Å²) in [5.41, 5.74) is 2.52. The maximum absolute atomic E-state index is 12.9. The number of aryl methyl sites for hydroxylation is 1. The minimum absolute atomic E-state index is 0.213. The molecule has 1 aliphatic rings. The van der Waals surface area contributed by atoms with Gasteiger partial charge in [-0.1, -0.05) is 23.8 Å². The third kappa shape index (κ3) is 5.27. The van der Waals surface area contributed by atoms with E-state index in [0.717, 1.165) is 35.0 Å². The summed E-state index contributed by atoms with van der Waals surface area (Å²) in [4.78, 5) is 18.1. The molecule has 1 fully saturated rings. The summed E-state index contributed by atoms with van der Waals surface area (Å²) in [7, 11) is -3.53. The number of rotatable bonds is 7. The predicted octanol–water partition coefficient (Wildman–Crippen LogP) is 3.96. The number of sulfonamides is 1. The third-order valence-corrected chi connectivity index (χ3v) is 8.71. The van der Waals surface area contributed by atoms with Gasteiger partial charge < -0.3 is 9.30 Å². The van der Waals surface area contributed by atoms with Crippen molar-refractivity contribution in [2.45, 2.75) is 44.6 Å². The van der Waals surface area contributed by atoms with Crippen molar-refractivity contribution in [3.63, 3.8) is 0 Å². The highest BCUT2D eigenvalue weighted by molar-refractivity contribution is 7.89. The van der Waals surface area contributed by atoms with Gasteiger partial charge in [0, 0.05) is 31.8 Å². The van der Waals surface area contributed by atoms with Crippen molar-refractivity contribution in [3.05, 3.63) is 58.4 Å². The summed E-state index contributed by atoms with van der Waals surface area (Å²) in [5.74, 6) is -0.398. The number of hydrogen-bond donors (Lipinski definition) is 0. The smallest absolute Gasteiger partial charge is 0.279 e. The zero-order valence-electron chi connectivity index (χ0n) is 19.0. The Morgan fingerprint density at radius 1 is 1.09 bits per heavy atom. The summed E-state index contributed by atoms with van der Waals surface area (Å²) in [5, 5.41) is 0. The number of thiazole rings is 1. The van der Waals surface area contributed by atoms with Crippen LogP contribution >= 0.6 is 11.3 Å². The Kier molecular flexibility index (Phi) is 7.43. The number of carbonyl (C=O) groups is 1. The second-order valence-corrected chi connectivity index (χ2v) is 11.1. The fourth-order valence-corrected chi connectivity index (χ4v) is 6.63. The van der Waals surface area contributed by atoms with E-state index in [0.29, 0.717) is 43.2 Å². The Morgan fingerprint density at radius 3 is 2.52 bits per heavy atom. The molecule has 1 amide bonds. The lowest BCUT2D eigenvalue weighted by atomic mass is 10.2. The Balaban J connectivity index is 1.63. The van der Waals surface area contributed by atoms with Gasteiger partial charge in [0.25, 0.3) is 5.91 Å². The van der Waals surface area contributed by atoms with Crippen LogP contribution in [0.4, 0.5) is 0 Å². The average molecular weight is 488 g/mol. The number of aromatic nitrogens is 1. The molecule has 33 heavy (non-hydrogen) atoms. The third-order valence-electron chi connectivity index (χ3n) is 5.75. The number of hydrogen-bond acceptors (Lipinski definition) is 5. The lowest BCUT2D eigenvalue weighted by molar-refractivity contribution is 0.0996. The quantitative estimate of drug-likeness (QED) is 0.473. The molecule has 4 rings (SSSR count). The van der Waals surface area contributed by atoms with E-state index < -0.39 is 15.9 Å². The van der Waals surface area contributed by atoms with E-state index in [-0.39, 0.29) is 4.90 Å².